The summed E-state index contributed by atoms with van der Waals surface area (Å²) in [5.41, 5.74) is 2.48. The fraction of sp³-hybridized carbons (Fsp3) is 0.200. The van der Waals surface area contributed by atoms with Crippen molar-refractivity contribution in [3.8, 4) is 0 Å². The van der Waals surface area contributed by atoms with Crippen molar-refractivity contribution in [2.45, 2.75) is 11.9 Å². The van der Waals surface area contributed by atoms with Crippen LogP contribution in [0.4, 0.5) is 10.1 Å². The predicted octanol–water partition coefficient (Wildman–Crippen LogP) is 5.01. The standard InChI is InChI=1S/C15H14BrClFN/c1-19(10-12-4-2-3-5-13(12)17)15-7-6-11(9-16)8-14(15)18/h2-8H,9-10H2,1H3. The van der Waals surface area contributed by atoms with E-state index in [0.717, 1.165) is 11.1 Å². The first-order valence-corrected chi connectivity index (χ1v) is 7.40. The van der Waals surface area contributed by atoms with Crippen molar-refractivity contribution < 1.29 is 4.39 Å². The molecule has 0 fully saturated rings. The first-order chi connectivity index (χ1) is 9.11. The number of halogens is 3. The SMILES string of the molecule is CN(Cc1ccccc1Cl)c1ccc(CBr)cc1F. The van der Waals surface area contributed by atoms with Crippen LogP contribution >= 0.6 is 27.5 Å². The Morgan fingerprint density at radius 2 is 1.95 bits per heavy atom. The van der Waals surface area contributed by atoms with Crippen LogP contribution in [0.15, 0.2) is 42.5 Å². The highest BCUT2D eigenvalue weighted by Crippen LogP contribution is 2.24. The Balaban J connectivity index is 2.21. The quantitative estimate of drug-likeness (QED) is 0.706. The topological polar surface area (TPSA) is 3.24 Å². The maximum atomic E-state index is 14.0. The van der Waals surface area contributed by atoms with Crippen molar-refractivity contribution in [3.05, 3.63) is 64.4 Å². The van der Waals surface area contributed by atoms with Gasteiger partial charge in [-0.15, -0.1) is 0 Å². The molecule has 0 N–H and O–H groups in total. The Kier molecular flexibility index (Phi) is 4.83. The molecule has 0 aromatic heterocycles. The number of nitrogens with zero attached hydrogens (tertiary/aromatic N) is 1. The molecular formula is C15H14BrClFN. The third kappa shape index (κ3) is 3.48. The second kappa shape index (κ2) is 6.40. The van der Waals surface area contributed by atoms with Gasteiger partial charge in [-0.05, 0) is 29.3 Å². The zero-order valence-electron chi connectivity index (χ0n) is 10.5. The van der Waals surface area contributed by atoms with Gasteiger partial charge in [0.2, 0.25) is 0 Å². The molecule has 100 valence electrons. The fourth-order valence-electron chi connectivity index (χ4n) is 1.91. The Hall–Kier alpha value is -1.06. The first kappa shape index (κ1) is 14.4. The van der Waals surface area contributed by atoms with Crippen molar-refractivity contribution in [2.75, 3.05) is 11.9 Å². The van der Waals surface area contributed by atoms with Crippen molar-refractivity contribution in [1.82, 2.24) is 0 Å². The highest BCUT2D eigenvalue weighted by atomic mass is 79.9. The molecule has 0 amide bonds. The summed E-state index contributed by atoms with van der Waals surface area (Å²) in [4.78, 5) is 1.86. The molecule has 0 unspecified atom stereocenters. The average Bonchev–Trinajstić information content (AvgIpc) is 2.41. The molecule has 0 aliphatic rings. The maximum Gasteiger partial charge on any atom is 0.146 e. The number of hydrogen-bond donors (Lipinski definition) is 0. The zero-order valence-corrected chi connectivity index (χ0v) is 12.9. The van der Waals surface area contributed by atoms with E-state index in [1.165, 1.54) is 0 Å². The minimum atomic E-state index is -0.216. The van der Waals surface area contributed by atoms with Crippen molar-refractivity contribution in [1.29, 1.82) is 0 Å². The van der Waals surface area contributed by atoms with E-state index in [1.54, 1.807) is 12.1 Å². The molecule has 0 saturated heterocycles. The molecular weight excluding hydrogens is 329 g/mol. The van der Waals surface area contributed by atoms with E-state index in [0.29, 0.717) is 22.6 Å². The third-order valence-corrected chi connectivity index (χ3v) is 3.96. The van der Waals surface area contributed by atoms with Crippen LogP contribution in [0.5, 0.6) is 0 Å². The summed E-state index contributed by atoms with van der Waals surface area (Å²) in [6.45, 7) is 0.574. The Morgan fingerprint density at radius 1 is 1.21 bits per heavy atom. The molecule has 0 radical (unpaired) electrons. The molecule has 0 bridgehead atoms. The molecule has 0 aliphatic carbocycles. The van der Waals surface area contributed by atoms with Gasteiger partial charge in [0.05, 0.1) is 5.69 Å². The van der Waals surface area contributed by atoms with Crippen LogP contribution in [0.1, 0.15) is 11.1 Å². The van der Waals surface area contributed by atoms with Gasteiger partial charge < -0.3 is 4.90 Å². The molecule has 1 nitrogen and oxygen atoms in total. The first-order valence-electron chi connectivity index (χ1n) is 5.90. The van der Waals surface area contributed by atoms with E-state index in [4.69, 9.17) is 11.6 Å². The van der Waals surface area contributed by atoms with Crippen LogP contribution in [0.2, 0.25) is 5.02 Å². The predicted molar refractivity (Wildman–Crippen MR) is 82.6 cm³/mol. The van der Waals surface area contributed by atoms with E-state index < -0.39 is 0 Å². The molecule has 2 aromatic carbocycles. The second-order valence-electron chi connectivity index (χ2n) is 4.37. The zero-order chi connectivity index (χ0) is 13.8. The van der Waals surface area contributed by atoms with E-state index in [-0.39, 0.29) is 5.82 Å². The van der Waals surface area contributed by atoms with Gasteiger partial charge in [0.25, 0.3) is 0 Å². The van der Waals surface area contributed by atoms with Gasteiger partial charge in [-0.1, -0.05) is 51.8 Å². The van der Waals surface area contributed by atoms with Crippen molar-refractivity contribution >= 4 is 33.2 Å². The Bertz CT molecular complexity index is 574. The highest BCUT2D eigenvalue weighted by Gasteiger charge is 2.10. The van der Waals surface area contributed by atoms with Gasteiger partial charge in [-0.3, -0.25) is 0 Å². The smallest absolute Gasteiger partial charge is 0.146 e. The van der Waals surface area contributed by atoms with E-state index in [2.05, 4.69) is 15.9 Å². The summed E-state index contributed by atoms with van der Waals surface area (Å²) in [6, 6.07) is 12.9. The molecule has 0 spiro atoms. The van der Waals surface area contributed by atoms with Crippen LogP contribution in [0.25, 0.3) is 0 Å². The van der Waals surface area contributed by atoms with Gasteiger partial charge in [0, 0.05) is 23.9 Å². The van der Waals surface area contributed by atoms with Gasteiger partial charge in [-0.2, -0.15) is 0 Å². The summed E-state index contributed by atoms with van der Waals surface area (Å²) in [6.07, 6.45) is 0. The molecule has 0 aliphatic heterocycles. The van der Waals surface area contributed by atoms with Crippen LogP contribution < -0.4 is 4.90 Å². The largest absolute Gasteiger partial charge is 0.368 e. The van der Waals surface area contributed by atoms with Gasteiger partial charge >= 0.3 is 0 Å². The highest BCUT2D eigenvalue weighted by molar-refractivity contribution is 9.08. The molecule has 2 rings (SSSR count). The van der Waals surface area contributed by atoms with Crippen LogP contribution in [0.3, 0.4) is 0 Å². The lowest BCUT2D eigenvalue weighted by molar-refractivity contribution is 0.621. The van der Waals surface area contributed by atoms with Crippen LogP contribution in [0, 0.1) is 5.82 Å². The van der Waals surface area contributed by atoms with E-state index in [1.807, 2.05) is 42.3 Å². The number of hydrogen-bond acceptors (Lipinski definition) is 1. The molecule has 0 heterocycles. The van der Waals surface area contributed by atoms with Crippen molar-refractivity contribution in [2.24, 2.45) is 0 Å². The third-order valence-electron chi connectivity index (χ3n) is 2.94. The number of rotatable bonds is 4. The van der Waals surface area contributed by atoms with E-state index in [9.17, 15) is 4.39 Å². The maximum absolute atomic E-state index is 14.0. The molecule has 0 atom stereocenters. The lowest BCUT2D eigenvalue weighted by Gasteiger charge is -2.21. The monoisotopic (exact) mass is 341 g/mol. The summed E-state index contributed by atoms with van der Waals surface area (Å²) in [5, 5.41) is 1.35. The molecule has 0 saturated carbocycles. The fourth-order valence-corrected chi connectivity index (χ4v) is 2.45. The Labute approximate surface area is 126 Å². The number of benzene rings is 2. The lowest BCUT2D eigenvalue weighted by atomic mass is 10.1. The molecule has 4 heteroatoms. The summed E-state index contributed by atoms with van der Waals surface area (Å²) < 4.78 is 14.0. The number of anilines is 1. The molecule has 19 heavy (non-hydrogen) atoms. The molecule has 2 aromatic rings. The van der Waals surface area contributed by atoms with Crippen LogP contribution in [-0.2, 0) is 11.9 Å². The van der Waals surface area contributed by atoms with Gasteiger partial charge in [-0.25, -0.2) is 4.39 Å². The Morgan fingerprint density at radius 3 is 2.58 bits per heavy atom. The van der Waals surface area contributed by atoms with Gasteiger partial charge in [0.15, 0.2) is 0 Å². The number of alkyl halides is 1. The second-order valence-corrected chi connectivity index (χ2v) is 5.33. The summed E-state index contributed by atoms with van der Waals surface area (Å²) in [7, 11) is 1.86. The normalized spacial score (nSPS) is 10.5. The summed E-state index contributed by atoms with van der Waals surface area (Å²) in [5.74, 6) is -0.216. The van der Waals surface area contributed by atoms with Crippen molar-refractivity contribution in [3.63, 3.8) is 0 Å². The average molecular weight is 343 g/mol. The minimum Gasteiger partial charge on any atom is -0.368 e. The van der Waals surface area contributed by atoms with Gasteiger partial charge in [0.1, 0.15) is 5.82 Å². The minimum absolute atomic E-state index is 0.216. The van der Waals surface area contributed by atoms with Crippen LogP contribution in [-0.4, -0.2) is 7.05 Å². The van der Waals surface area contributed by atoms with E-state index >= 15 is 0 Å². The lowest BCUT2D eigenvalue weighted by Crippen LogP contribution is -2.18. The summed E-state index contributed by atoms with van der Waals surface area (Å²) >= 11 is 9.44.